The molecule has 0 unspecified atom stereocenters. The van der Waals surface area contributed by atoms with Gasteiger partial charge in [0.15, 0.2) is 0 Å². The second kappa shape index (κ2) is 14.0. The van der Waals surface area contributed by atoms with Crippen LogP contribution in [0.4, 0.5) is 51.2 Å². The van der Waals surface area contributed by atoms with Crippen LogP contribution < -0.4 is 14.7 Å². The molecule has 9 rings (SSSR count). The van der Waals surface area contributed by atoms with Crippen molar-refractivity contribution in [2.75, 3.05) is 14.7 Å². The van der Waals surface area contributed by atoms with Crippen molar-refractivity contribution in [1.29, 1.82) is 0 Å². The van der Waals surface area contributed by atoms with E-state index in [9.17, 15) is 0 Å². The first-order chi connectivity index (χ1) is 27.0. The van der Waals surface area contributed by atoms with Crippen molar-refractivity contribution in [2.24, 2.45) is 0 Å². The van der Waals surface area contributed by atoms with Gasteiger partial charge in [-0.3, -0.25) is 24.9 Å². The Hall–Kier alpha value is -7.19. The van der Waals surface area contributed by atoms with Gasteiger partial charge in [0.1, 0.15) is 0 Å². The molecule has 5 aromatic heterocycles. The maximum absolute atomic E-state index is 5.17. The number of hydrogen-bond acceptors (Lipinski definition) is 8. The standard InChI is InChI=1S/C47H38N8/c1-33-44(18-15-43(52-33)34-9-5-4-6-10-34)55-45-16-13-37(53(35-19-25-48-26-20-35)39-11-7-23-50-31-39)29-41(45)47(2,3)42-30-38(14-17-46(42)55)54(36-21-27-49-28-22-36)40-12-8-24-51-32-40/h4-32H,1-3H3. The fourth-order valence-electron chi connectivity index (χ4n) is 7.66. The van der Waals surface area contributed by atoms with Gasteiger partial charge < -0.3 is 14.7 Å². The minimum Gasteiger partial charge on any atom is -0.309 e. The van der Waals surface area contributed by atoms with Gasteiger partial charge in [0.05, 0.1) is 52.2 Å². The number of pyridine rings is 5. The molecule has 0 saturated carbocycles. The first-order valence-corrected chi connectivity index (χ1v) is 18.3. The molecule has 8 nitrogen and oxygen atoms in total. The third kappa shape index (κ3) is 6.13. The first-order valence-electron chi connectivity index (χ1n) is 18.3. The molecule has 0 saturated heterocycles. The number of anilines is 9. The monoisotopic (exact) mass is 714 g/mol. The van der Waals surface area contributed by atoms with Crippen LogP contribution in [0.25, 0.3) is 11.3 Å². The second-order valence-electron chi connectivity index (χ2n) is 14.0. The molecule has 0 fully saturated rings. The van der Waals surface area contributed by atoms with E-state index in [-0.39, 0.29) is 0 Å². The number of fused-ring (bicyclic) bond motifs is 2. The first kappa shape index (κ1) is 33.6. The van der Waals surface area contributed by atoms with E-state index in [1.54, 1.807) is 12.4 Å². The Morgan fingerprint density at radius 1 is 0.455 bits per heavy atom. The molecule has 6 heterocycles. The largest absolute Gasteiger partial charge is 0.309 e. The van der Waals surface area contributed by atoms with Gasteiger partial charge >= 0.3 is 0 Å². The number of aryl methyl sites for hydroxylation is 1. The average Bonchev–Trinajstić information content (AvgIpc) is 3.24. The lowest BCUT2D eigenvalue weighted by atomic mass is 9.73. The van der Waals surface area contributed by atoms with E-state index in [4.69, 9.17) is 4.98 Å². The molecule has 0 spiro atoms. The van der Waals surface area contributed by atoms with E-state index in [2.05, 4.69) is 140 Å². The molecule has 0 N–H and O–H groups in total. The van der Waals surface area contributed by atoms with Crippen molar-refractivity contribution in [2.45, 2.75) is 26.2 Å². The third-order valence-corrected chi connectivity index (χ3v) is 10.3. The van der Waals surface area contributed by atoms with Crippen molar-refractivity contribution in [3.8, 4) is 11.3 Å². The minimum atomic E-state index is -0.420. The second-order valence-corrected chi connectivity index (χ2v) is 14.0. The van der Waals surface area contributed by atoms with Gasteiger partial charge in [-0.2, -0.15) is 0 Å². The molecule has 1 aliphatic heterocycles. The Balaban J connectivity index is 1.26. The normalized spacial score (nSPS) is 12.7. The number of benzene rings is 3. The molecule has 1 aliphatic rings. The zero-order valence-electron chi connectivity index (χ0n) is 30.8. The SMILES string of the molecule is Cc1nc(-c2ccccc2)ccc1N1c2ccc(N(c3ccncc3)c3cccnc3)cc2C(C)(C)c2cc(N(c3ccncc3)c3cccnc3)ccc21. The van der Waals surface area contributed by atoms with Crippen LogP contribution in [-0.4, -0.2) is 24.9 Å². The van der Waals surface area contributed by atoms with E-state index >= 15 is 0 Å². The maximum atomic E-state index is 5.17. The lowest BCUT2D eigenvalue weighted by Crippen LogP contribution is -2.31. The molecule has 8 heteroatoms. The number of aromatic nitrogens is 5. The van der Waals surface area contributed by atoms with Crippen LogP contribution in [0, 0.1) is 6.92 Å². The summed E-state index contributed by atoms with van der Waals surface area (Å²) in [4.78, 5) is 29.6. The van der Waals surface area contributed by atoms with Crippen molar-refractivity contribution in [3.63, 3.8) is 0 Å². The molecule has 266 valence electrons. The van der Waals surface area contributed by atoms with E-state index in [0.717, 1.165) is 68.1 Å². The Labute approximate surface area is 321 Å². The van der Waals surface area contributed by atoms with Crippen LogP contribution in [-0.2, 0) is 5.41 Å². The van der Waals surface area contributed by atoms with Crippen LogP contribution in [0.1, 0.15) is 30.7 Å². The topological polar surface area (TPSA) is 74.2 Å². The smallest absolute Gasteiger partial charge is 0.0706 e. The van der Waals surface area contributed by atoms with E-state index < -0.39 is 5.41 Å². The molecule has 0 atom stereocenters. The van der Waals surface area contributed by atoms with E-state index in [0.29, 0.717) is 0 Å². The van der Waals surface area contributed by atoms with Crippen LogP contribution >= 0.6 is 0 Å². The molecule has 8 aromatic rings. The Bertz CT molecular complexity index is 2370. The third-order valence-electron chi connectivity index (χ3n) is 10.3. The van der Waals surface area contributed by atoms with E-state index in [1.165, 1.54) is 11.1 Å². The van der Waals surface area contributed by atoms with Gasteiger partial charge in [-0.05, 0) is 115 Å². The predicted octanol–water partition coefficient (Wildman–Crippen LogP) is 11.7. The van der Waals surface area contributed by atoms with Gasteiger partial charge in [-0.25, -0.2) is 0 Å². The highest BCUT2D eigenvalue weighted by molar-refractivity contribution is 5.91. The van der Waals surface area contributed by atoms with Gasteiger partial charge in [0.25, 0.3) is 0 Å². The minimum absolute atomic E-state index is 0.420. The number of hydrogen-bond donors (Lipinski definition) is 0. The van der Waals surface area contributed by atoms with Gasteiger partial charge in [0, 0.05) is 70.9 Å². The highest BCUT2D eigenvalue weighted by Crippen LogP contribution is 2.55. The lowest BCUT2D eigenvalue weighted by Gasteiger charge is -2.43. The summed E-state index contributed by atoms with van der Waals surface area (Å²) in [6.07, 6.45) is 14.7. The van der Waals surface area contributed by atoms with Crippen molar-refractivity contribution in [1.82, 2.24) is 24.9 Å². The predicted molar refractivity (Wildman–Crippen MR) is 222 cm³/mol. The van der Waals surface area contributed by atoms with Gasteiger partial charge in [-0.15, -0.1) is 0 Å². The lowest BCUT2D eigenvalue weighted by molar-refractivity contribution is 0.632. The number of rotatable bonds is 8. The van der Waals surface area contributed by atoms with E-state index in [1.807, 2.05) is 79.6 Å². The molecule has 55 heavy (non-hydrogen) atoms. The van der Waals surface area contributed by atoms with Crippen LogP contribution in [0.5, 0.6) is 0 Å². The quantitative estimate of drug-likeness (QED) is 0.154. The van der Waals surface area contributed by atoms with Crippen molar-refractivity contribution >= 4 is 51.2 Å². The summed E-state index contributed by atoms with van der Waals surface area (Å²) in [6.45, 7) is 6.74. The fraction of sp³-hybridized carbons (Fsp3) is 0.0851. The summed E-state index contributed by atoms with van der Waals surface area (Å²) in [5.41, 5.74) is 14.1. The highest BCUT2D eigenvalue weighted by atomic mass is 15.2. The summed E-state index contributed by atoms with van der Waals surface area (Å²) in [5.74, 6) is 0. The molecule has 0 radical (unpaired) electrons. The Morgan fingerprint density at radius 2 is 0.964 bits per heavy atom. The summed E-state index contributed by atoms with van der Waals surface area (Å²) in [5, 5.41) is 0. The molecule has 0 amide bonds. The zero-order chi connectivity index (χ0) is 37.4. The zero-order valence-corrected chi connectivity index (χ0v) is 30.8. The summed E-state index contributed by atoms with van der Waals surface area (Å²) in [6, 6.07) is 44.4. The maximum Gasteiger partial charge on any atom is 0.0706 e. The molecular weight excluding hydrogens is 677 g/mol. The molecule has 0 bridgehead atoms. The average molecular weight is 715 g/mol. The fourth-order valence-corrected chi connectivity index (χ4v) is 7.66. The van der Waals surface area contributed by atoms with Crippen LogP contribution in [0.2, 0.25) is 0 Å². The van der Waals surface area contributed by atoms with Gasteiger partial charge in [0.2, 0.25) is 0 Å². The van der Waals surface area contributed by atoms with Crippen molar-refractivity contribution < 1.29 is 0 Å². The summed E-state index contributed by atoms with van der Waals surface area (Å²) < 4.78 is 0. The van der Waals surface area contributed by atoms with Crippen LogP contribution in [0.15, 0.2) is 177 Å². The molecule has 0 aliphatic carbocycles. The highest BCUT2D eigenvalue weighted by Gasteiger charge is 2.39. The van der Waals surface area contributed by atoms with Crippen molar-refractivity contribution in [3.05, 3.63) is 194 Å². The van der Waals surface area contributed by atoms with Crippen LogP contribution in [0.3, 0.4) is 0 Å². The summed E-state index contributed by atoms with van der Waals surface area (Å²) in [7, 11) is 0. The Kier molecular flexibility index (Phi) is 8.55. The van der Waals surface area contributed by atoms with Gasteiger partial charge in [-0.1, -0.05) is 44.2 Å². The number of nitrogens with zero attached hydrogens (tertiary/aromatic N) is 8. The Morgan fingerprint density at radius 3 is 1.44 bits per heavy atom. The molecular formula is C47H38N8. The summed E-state index contributed by atoms with van der Waals surface area (Å²) >= 11 is 0. The molecule has 3 aromatic carbocycles.